The van der Waals surface area contributed by atoms with Gasteiger partial charge in [-0.05, 0) is 70.7 Å². The van der Waals surface area contributed by atoms with E-state index in [-0.39, 0.29) is 13.1 Å². The number of hydrogen-bond donors (Lipinski definition) is 2. The summed E-state index contributed by atoms with van der Waals surface area (Å²) in [7, 11) is 0. The van der Waals surface area contributed by atoms with Gasteiger partial charge in [0, 0.05) is 13.1 Å². The van der Waals surface area contributed by atoms with Crippen LogP contribution in [0.2, 0.25) is 0 Å². The van der Waals surface area contributed by atoms with E-state index in [1.807, 2.05) is 0 Å². The molecule has 2 saturated heterocycles. The largest absolute Gasteiger partial charge is 0.480 e. The molecule has 138 valence electrons. The predicted molar refractivity (Wildman–Crippen MR) is 91.2 cm³/mol. The van der Waals surface area contributed by atoms with Crippen LogP contribution in [0.1, 0.15) is 32.1 Å². The van der Waals surface area contributed by atoms with Gasteiger partial charge in [-0.15, -0.1) is 0 Å². The minimum atomic E-state index is -0.749. The average molecular weight is 341 g/mol. The van der Waals surface area contributed by atoms with Crippen LogP contribution >= 0.6 is 0 Å². The minimum Gasteiger partial charge on any atom is -0.480 e. The van der Waals surface area contributed by atoms with Crippen molar-refractivity contribution in [2.75, 3.05) is 58.9 Å². The van der Waals surface area contributed by atoms with Gasteiger partial charge < -0.3 is 15.1 Å². The molecule has 0 amide bonds. The highest BCUT2D eigenvalue weighted by molar-refractivity contribution is 5.69. The van der Waals surface area contributed by atoms with Crippen molar-refractivity contribution in [2.24, 2.45) is 5.92 Å². The van der Waals surface area contributed by atoms with E-state index in [4.69, 9.17) is 10.2 Å². The summed E-state index contributed by atoms with van der Waals surface area (Å²) >= 11 is 0. The summed E-state index contributed by atoms with van der Waals surface area (Å²) < 4.78 is 0. The van der Waals surface area contributed by atoms with Gasteiger partial charge in [-0.1, -0.05) is 0 Å². The Kier molecular flexibility index (Phi) is 7.94. The monoisotopic (exact) mass is 341 g/mol. The third-order valence-electron chi connectivity index (χ3n) is 5.19. The van der Waals surface area contributed by atoms with Gasteiger partial charge in [0.15, 0.2) is 0 Å². The maximum Gasteiger partial charge on any atom is 0.317 e. The summed E-state index contributed by atoms with van der Waals surface area (Å²) in [5.74, 6) is -0.891. The average Bonchev–Trinajstić information content (AvgIpc) is 2.51. The molecule has 0 aromatic carbocycles. The van der Waals surface area contributed by atoms with E-state index in [1.54, 1.807) is 0 Å². The first-order valence-corrected chi connectivity index (χ1v) is 9.13. The molecule has 24 heavy (non-hydrogen) atoms. The van der Waals surface area contributed by atoms with E-state index >= 15 is 0 Å². The van der Waals surface area contributed by atoms with Crippen molar-refractivity contribution in [2.45, 2.75) is 32.1 Å². The highest BCUT2D eigenvalue weighted by Crippen LogP contribution is 2.20. The molecule has 7 nitrogen and oxygen atoms in total. The molecule has 0 radical (unpaired) electrons. The fourth-order valence-electron chi connectivity index (χ4n) is 3.83. The number of carboxylic acids is 2. The number of rotatable bonds is 4. The summed E-state index contributed by atoms with van der Waals surface area (Å²) in [4.78, 5) is 28.6. The molecule has 2 N–H and O–H groups in total. The highest BCUT2D eigenvalue weighted by Gasteiger charge is 2.21. The van der Waals surface area contributed by atoms with Crippen LogP contribution in [-0.4, -0.2) is 95.8 Å². The van der Waals surface area contributed by atoms with Crippen molar-refractivity contribution >= 4 is 11.9 Å². The van der Waals surface area contributed by atoms with Crippen molar-refractivity contribution in [3.8, 4) is 0 Å². The molecule has 7 heteroatoms. The summed E-state index contributed by atoms with van der Waals surface area (Å²) in [6, 6.07) is 0. The van der Waals surface area contributed by atoms with Crippen LogP contribution in [0.5, 0.6) is 0 Å². The van der Waals surface area contributed by atoms with Crippen molar-refractivity contribution in [1.29, 1.82) is 0 Å². The van der Waals surface area contributed by atoms with Crippen LogP contribution in [0, 0.1) is 5.92 Å². The third-order valence-corrected chi connectivity index (χ3v) is 5.19. The SMILES string of the molecule is O=C(O)CN1CCCN2CCC(CCCN(CC(=O)O)CC2)CC1. The van der Waals surface area contributed by atoms with E-state index in [1.165, 1.54) is 6.42 Å². The molecule has 0 aliphatic carbocycles. The Morgan fingerprint density at radius 1 is 0.708 bits per heavy atom. The lowest BCUT2D eigenvalue weighted by Gasteiger charge is -2.33. The smallest absolute Gasteiger partial charge is 0.317 e. The lowest BCUT2D eigenvalue weighted by Crippen LogP contribution is -2.42. The van der Waals surface area contributed by atoms with E-state index in [0.29, 0.717) is 5.92 Å². The zero-order valence-corrected chi connectivity index (χ0v) is 14.5. The molecule has 2 rings (SSSR count). The maximum atomic E-state index is 11.0. The van der Waals surface area contributed by atoms with Crippen LogP contribution < -0.4 is 0 Å². The first-order valence-electron chi connectivity index (χ1n) is 9.13. The van der Waals surface area contributed by atoms with Crippen molar-refractivity contribution in [3.05, 3.63) is 0 Å². The standard InChI is InChI=1S/C17H31N3O4/c21-16(22)13-19-8-2-7-18-9-4-15(5-10-19)3-1-6-20(12-11-18)14-17(23)24/h15H,1-14H2,(H,21,22)(H,23,24). The molecule has 2 fully saturated rings. The lowest BCUT2D eigenvalue weighted by atomic mass is 9.94. The molecule has 2 heterocycles. The van der Waals surface area contributed by atoms with Crippen molar-refractivity contribution in [1.82, 2.24) is 14.7 Å². The zero-order chi connectivity index (χ0) is 17.4. The van der Waals surface area contributed by atoms with Gasteiger partial charge in [0.25, 0.3) is 0 Å². The predicted octanol–water partition coefficient (Wildman–Crippen LogP) is 0.656. The minimum absolute atomic E-state index is 0.130. The molecule has 2 unspecified atom stereocenters. The van der Waals surface area contributed by atoms with Gasteiger partial charge >= 0.3 is 11.9 Å². The Hall–Kier alpha value is -1.18. The highest BCUT2D eigenvalue weighted by atomic mass is 16.4. The summed E-state index contributed by atoms with van der Waals surface area (Å²) in [6.07, 6.45) is 5.30. The van der Waals surface area contributed by atoms with Gasteiger partial charge in [0.2, 0.25) is 0 Å². The Bertz CT molecular complexity index is 381. The van der Waals surface area contributed by atoms with Gasteiger partial charge in [0.05, 0.1) is 13.1 Å². The Morgan fingerprint density at radius 2 is 1.33 bits per heavy atom. The molecule has 0 saturated carbocycles. The van der Waals surface area contributed by atoms with Crippen LogP contribution in [0.3, 0.4) is 0 Å². The van der Waals surface area contributed by atoms with Crippen LogP contribution in [0.4, 0.5) is 0 Å². The summed E-state index contributed by atoms with van der Waals surface area (Å²) in [5, 5.41) is 18.1. The first kappa shape index (κ1) is 19.1. The van der Waals surface area contributed by atoms with Gasteiger partial charge in [-0.25, -0.2) is 0 Å². The molecule has 0 spiro atoms. The molecule has 0 aromatic heterocycles. The number of carbonyl (C=O) groups is 2. The number of nitrogens with zero attached hydrogens (tertiary/aromatic N) is 3. The van der Waals surface area contributed by atoms with E-state index in [2.05, 4.69) is 14.7 Å². The van der Waals surface area contributed by atoms with Crippen molar-refractivity contribution < 1.29 is 19.8 Å². The number of carboxylic acid groups (broad SMARTS) is 2. The van der Waals surface area contributed by atoms with Crippen molar-refractivity contribution in [3.63, 3.8) is 0 Å². The molecule has 2 atom stereocenters. The Labute approximate surface area is 144 Å². The number of hydrogen-bond acceptors (Lipinski definition) is 5. The molecule has 2 bridgehead atoms. The van der Waals surface area contributed by atoms with Gasteiger partial charge in [0.1, 0.15) is 0 Å². The van der Waals surface area contributed by atoms with Crippen LogP contribution in [0.25, 0.3) is 0 Å². The van der Waals surface area contributed by atoms with E-state index < -0.39 is 11.9 Å². The third kappa shape index (κ3) is 7.15. The Morgan fingerprint density at radius 3 is 2.04 bits per heavy atom. The lowest BCUT2D eigenvalue weighted by molar-refractivity contribution is -0.139. The Balaban J connectivity index is 1.96. The fraction of sp³-hybridized carbons (Fsp3) is 0.882. The topological polar surface area (TPSA) is 84.3 Å². The van der Waals surface area contributed by atoms with Gasteiger partial charge in [-0.3, -0.25) is 19.4 Å². The summed E-state index contributed by atoms with van der Waals surface area (Å²) in [6.45, 7) is 6.53. The fourth-order valence-corrected chi connectivity index (χ4v) is 3.83. The second-order valence-electron chi connectivity index (χ2n) is 7.12. The number of aliphatic carboxylic acids is 2. The quantitative estimate of drug-likeness (QED) is 0.777. The van der Waals surface area contributed by atoms with E-state index in [0.717, 1.165) is 71.5 Å². The molecular weight excluding hydrogens is 310 g/mol. The van der Waals surface area contributed by atoms with Crippen LogP contribution in [-0.2, 0) is 9.59 Å². The normalized spacial score (nSPS) is 28.3. The number of fused-ring (bicyclic) bond motifs is 3. The van der Waals surface area contributed by atoms with Gasteiger partial charge in [-0.2, -0.15) is 0 Å². The maximum absolute atomic E-state index is 11.0. The van der Waals surface area contributed by atoms with E-state index in [9.17, 15) is 9.59 Å². The molecule has 2 aliphatic rings. The first-order chi connectivity index (χ1) is 11.5. The van der Waals surface area contributed by atoms with Crippen LogP contribution in [0.15, 0.2) is 0 Å². The zero-order valence-electron chi connectivity index (χ0n) is 14.5. The molecule has 2 aliphatic heterocycles. The second-order valence-corrected chi connectivity index (χ2v) is 7.12. The second kappa shape index (κ2) is 9.96. The summed E-state index contributed by atoms with van der Waals surface area (Å²) in [5.41, 5.74) is 0. The molecule has 0 aromatic rings. The molecular formula is C17H31N3O4.